The number of hydrogen-bond acceptors (Lipinski definition) is 7. The van der Waals surface area contributed by atoms with Gasteiger partial charge in [0.1, 0.15) is 5.56 Å². The van der Waals surface area contributed by atoms with Crippen LogP contribution in [0.4, 0.5) is 13.2 Å². The van der Waals surface area contributed by atoms with E-state index in [9.17, 15) is 18.0 Å². The molecule has 35 heavy (non-hydrogen) atoms. The van der Waals surface area contributed by atoms with Crippen molar-refractivity contribution in [3.05, 3.63) is 65.4 Å². The van der Waals surface area contributed by atoms with Crippen LogP contribution in [-0.4, -0.2) is 66.6 Å². The number of hydrogen-bond donors (Lipinski definition) is 0. The van der Waals surface area contributed by atoms with Crippen LogP contribution >= 0.6 is 0 Å². The van der Waals surface area contributed by atoms with Crippen LogP contribution < -0.4 is 0 Å². The number of aromatic nitrogens is 5. The molecule has 3 aromatic heterocycles. The predicted molar refractivity (Wildman–Crippen MR) is 118 cm³/mol. The third-order valence-corrected chi connectivity index (χ3v) is 6.18. The van der Waals surface area contributed by atoms with Gasteiger partial charge in [-0.3, -0.25) is 9.69 Å². The van der Waals surface area contributed by atoms with E-state index in [4.69, 9.17) is 4.52 Å². The van der Waals surface area contributed by atoms with Gasteiger partial charge in [-0.05, 0) is 32.0 Å². The second kappa shape index (κ2) is 8.77. The van der Waals surface area contributed by atoms with Crippen molar-refractivity contribution in [1.82, 2.24) is 34.5 Å². The van der Waals surface area contributed by atoms with Gasteiger partial charge in [0.05, 0.1) is 17.3 Å². The summed E-state index contributed by atoms with van der Waals surface area (Å²) in [4.78, 5) is 25.7. The summed E-state index contributed by atoms with van der Waals surface area (Å²) in [6, 6.07) is 6.31. The monoisotopic (exact) mass is 485 g/mol. The Labute approximate surface area is 198 Å². The van der Waals surface area contributed by atoms with Gasteiger partial charge in [0.15, 0.2) is 5.65 Å². The van der Waals surface area contributed by atoms with Crippen molar-refractivity contribution in [1.29, 1.82) is 0 Å². The van der Waals surface area contributed by atoms with E-state index >= 15 is 0 Å². The van der Waals surface area contributed by atoms with Crippen LogP contribution in [0.5, 0.6) is 0 Å². The molecule has 1 aromatic carbocycles. The molecule has 1 saturated heterocycles. The molecule has 1 unspecified atom stereocenters. The standard InChI is InChI=1S/C23H22F3N7O2/c1-14-18(20-27-7-4-8-33(20)29-14)22(34)32-11-9-31(10-12-32)15(2)21-28-19(30-35-21)16-5-3-6-17(13-16)23(24,25)26/h3-8,13,15H,9-12H2,1-2H3. The van der Waals surface area contributed by atoms with Gasteiger partial charge in [0.25, 0.3) is 5.91 Å². The molecule has 0 radical (unpaired) electrons. The first-order valence-corrected chi connectivity index (χ1v) is 11.1. The Morgan fingerprint density at radius 2 is 1.91 bits per heavy atom. The van der Waals surface area contributed by atoms with E-state index in [1.54, 1.807) is 34.8 Å². The number of piperazine rings is 1. The molecule has 5 rings (SSSR count). The van der Waals surface area contributed by atoms with Gasteiger partial charge in [0.2, 0.25) is 11.7 Å². The Kier molecular flexibility index (Phi) is 5.75. The Bertz CT molecular complexity index is 1370. The van der Waals surface area contributed by atoms with Crippen molar-refractivity contribution in [2.24, 2.45) is 0 Å². The maximum absolute atomic E-state index is 13.2. The summed E-state index contributed by atoms with van der Waals surface area (Å²) in [6.07, 6.45) is -1.07. The number of carbonyl (C=O) groups excluding carboxylic acids is 1. The zero-order valence-corrected chi connectivity index (χ0v) is 19.0. The number of alkyl halides is 3. The van der Waals surface area contributed by atoms with Crippen LogP contribution in [-0.2, 0) is 6.18 Å². The van der Waals surface area contributed by atoms with Crippen LogP contribution in [0.2, 0.25) is 0 Å². The SMILES string of the molecule is Cc1nn2cccnc2c1C(=O)N1CCN(C(C)c2nc(-c3cccc(C(F)(F)F)c3)no2)CC1. The van der Waals surface area contributed by atoms with E-state index in [1.807, 2.05) is 6.92 Å². The molecule has 1 aliphatic rings. The second-order valence-corrected chi connectivity index (χ2v) is 8.39. The van der Waals surface area contributed by atoms with E-state index in [0.717, 1.165) is 12.1 Å². The van der Waals surface area contributed by atoms with Gasteiger partial charge in [-0.1, -0.05) is 17.3 Å². The molecule has 9 nitrogen and oxygen atoms in total. The van der Waals surface area contributed by atoms with Crippen molar-refractivity contribution in [2.45, 2.75) is 26.1 Å². The maximum Gasteiger partial charge on any atom is 0.416 e. The molecule has 1 atom stereocenters. The van der Waals surface area contributed by atoms with Crippen LogP contribution in [0.1, 0.15) is 40.5 Å². The highest BCUT2D eigenvalue weighted by Crippen LogP contribution is 2.32. The molecule has 1 aliphatic heterocycles. The van der Waals surface area contributed by atoms with Crippen molar-refractivity contribution in [3.63, 3.8) is 0 Å². The average molecular weight is 485 g/mol. The summed E-state index contributed by atoms with van der Waals surface area (Å²) in [5, 5.41) is 8.24. The normalized spacial score (nSPS) is 16.1. The quantitative estimate of drug-likeness (QED) is 0.436. The van der Waals surface area contributed by atoms with E-state index in [0.29, 0.717) is 49.0 Å². The van der Waals surface area contributed by atoms with Gasteiger partial charge in [-0.15, -0.1) is 0 Å². The average Bonchev–Trinajstić information content (AvgIpc) is 3.47. The molecule has 0 aliphatic carbocycles. The van der Waals surface area contributed by atoms with Crippen LogP contribution in [0.3, 0.4) is 0 Å². The zero-order chi connectivity index (χ0) is 24.7. The fraction of sp³-hybridized carbons (Fsp3) is 0.348. The first-order chi connectivity index (χ1) is 16.7. The van der Waals surface area contributed by atoms with Crippen molar-refractivity contribution < 1.29 is 22.5 Å². The molecular weight excluding hydrogens is 463 g/mol. The molecule has 1 fully saturated rings. The highest BCUT2D eigenvalue weighted by atomic mass is 19.4. The summed E-state index contributed by atoms with van der Waals surface area (Å²) in [7, 11) is 0. The van der Waals surface area contributed by atoms with Gasteiger partial charge < -0.3 is 9.42 Å². The molecule has 0 saturated carbocycles. The molecule has 0 N–H and O–H groups in total. The number of amides is 1. The summed E-state index contributed by atoms with van der Waals surface area (Å²) in [5.74, 6) is 0.288. The van der Waals surface area contributed by atoms with Crippen molar-refractivity contribution in [2.75, 3.05) is 26.2 Å². The lowest BCUT2D eigenvalue weighted by molar-refractivity contribution is -0.137. The molecule has 0 spiro atoms. The number of halogens is 3. The van der Waals surface area contributed by atoms with Crippen molar-refractivity contribution >= 4 is 11.6 Å². The van der Waals surface area contributed by atoms with E-state index in [1.165, 1.54) is 12.1 Å². The minimum absolute atomic E-state index is 0.0998. The number of rotatable bonds is 4. The number of benzene rings is 1. The summed E-state index contributed by atoms with van der Waals surface area (Å²) < 4.78 is 46.1. The molecule has 182 valence electrons. The number of aryl methyl sites for hydroxylation is 1. The molecule has 1 amide bonds. The highest BCUT2D eigenvalue weighted by molar-refractivity contribution is 6.01. The zero-order valence-electron chi connectivity index (χ0n) is 19.0. The minimum atomic E-state index is -4.45. The fourth-order valence-electron chi connectivity index (χ4n) is 4.23. The summed E-state index contributed by atoms with van der Waals surface area (Å²) in [5.41, 5.74) is 1.10. The topological polar surface area (TPSA) is 92.7 Å². The molecule has 4 heterocycles. The summed E-state index contributed by atoms with van der Waals surface area (Å²) in [6.45, 7) is 5.79. The van der Waals surface area contributed by atoms with Gasteiger partial charge >= 0.3 is 6.18 Å². The first-order valence-electron chi connectivity index (χ1n) is 11.1. The first kappa shape index (κ1) is 23.0. The van der Waals surface area contributed by atoms with Gasteiger partial charge in [0, 0.05) is 44.1 Å². The lowest BCUT2D eigenvalue weighted by Crippen LogP contribution is -2.49. The van der Waals surface area contributed by atoms with E-state index in [-0.39, 0.29) is 23.3 Å². The molecule has 4 aromatic rings. The smallest absolute Gasteiger partial charge is 0.337 e. The van der Waals surface area contributed by atoms with Crippen molar-refractivity contribution in [3.8, 4) is 11.4 Å². The Hall–Kier alpha value is -3.80. The van der Waals surface area contributed by atoms with E-state index in [2.05, 4.69) is 25.1 Å². The second-order valence-electron chi connectivity index (χ2n) is 8.39. The third-order valence-electron chi connectivity index (χ3n) is 6.18. The Morgan fingerprint density at radius 3 is 2.66 bits per heavy atom. The predicted octanol–water partition coefficient (Wildman–Crippen LogP) is 3.63. The Balaban J connectivity index is 1.26. The van der Waals surface area contributed by atoms with Gasteiger partial charge in [-0.25, -0.2) is 9.50 Å². The number of fused-ring (bicyclic) bond motifs is 1. The maximum atomic E-state index is 13.2. The lowest BCUT2D eigenvalue weighted by atomic mass is 10.1. The highest BCUT2D eigenvalue weighted by Gasteiger charge is 2.32. The van der Waals surface area contributed by atoms with Crippen LogP contribution in [0, 0.1) is 6.92 Å². The summed E-state index contributed by atoms with van der Waals surface area (Å²) >= 11 is 0. The largest absolute Gasteiger partial charge is 0.416 e. The van der Waals surface area contributed by atoms with Crippen LogP contribution in [0.15, 0.2) is 47.2 Å². The third kappa shape index (κ3) is 4.36. The van der Waals surface area contributed by atoms with Crippen LogP contribution in [0.25, 0.3) is 17.0 Å². The molecule has 0 bridgehead atoms. The number of carbonyl (C=O) groups is 1. The lowest BCUT2D eigenvalue weighted by Gasteiger charge is -2.36. The minimum Gasteiger partial charge on any atom is -0.337 e. The fourth-order valence-corrected chi connectivity index (χ4v) is 4.23. The molecular formula is C23H22F3N7O2. The Morgan fingerprint density at radius 1 is 1.14 bits per heavy atom. The van der Waals surface area contributed by atoms with E-state index < -0.39 is 11.7 Å². The molecule has 12 heteroatoms. The number of nitrogens with zero attached hydrogens (tertiary/aromatic N) is 7. The van der Waals surface area contributed by atoms with Gasteiger partial charge in [-0.2, -0.15) is 23.3 Å².